The number of carbonyl (C=O) groups excluding carboxylic acids is 1. The van der Waals surface area contributed by atoms with E-state index in [0.29, 0.717) is 22.3 Å². The van der Waals surface area contributed by atoms with Crippen LogP contribution >= 0.6 is 23.8 Å². The molecule has 3 aromatic rings. The molecule has 2 heterocycles. The van der Waals surface area contributed by atoms with E-state index in [1.807, 2.05) is 30.3 Å². The molecule has 0 radical (unpaired) electrons. The Bertz CT molecular complexity index is 1240. The highest BCUT2D eigenvalue weighted by molar-refractivity contribution is 7.71. The number of para-hydroxylation sites is 2. The van der Waals surface area contributed by atoms with Crippen molar-refractivity contribution in [2.45, 2.75) is 44.1 Å². The highest BCUT2D eigenvalue weighted by Crippen LogP contribution is 2.30. The summed E-state index contributed by atoms with van der Waals surface area (Å²) in [7, 11) is 0. The van der Waals surface area contributed by atoms with Crippen molar-refractivity contribution >= 4 is 29.7 Å². The number of amides is 1. The van der Waals surface area contributed by atoms with E-state index in [2.05, 4.69) is 10.4 Å². The van der Waals surface area contributed by atoms with E-state index in [4.69, 9.17) is 33.3 Å². The number of rotatable bonds is 7. The predicted octanol–water partition coefficient (Wildman–Crippen LogP) is 1.75. The third-order valence-corrected chi connectivity index (χ3v) is 6.27. The summed E-state index contributed by atoms with van der Waals surface area (Å²) in [4.78, 5) is 11.9. The fraction of sp³-hybridized carbons (Fsp3) is 0.348. The molecule has 1 fully saturated rings. The minimum absolute atomic E-state index is 0.0125. The van der Waals surface area contributed by atoms with Crippen molar-refractivity contribution in [2.24, 2.45) is 0 Å². The summed E-state index contributed by atoms with van der Waals surface area (Å²) in [6.45, 7) is 0.705. The molecule has 0 saturated carbocycles. The maximum atomic E-state index is 11.9. The molecule has 0 bridgehead atoms. The van der Waals surface area contributed by atoms with Gasteiger partial charge in [-0.15, -0.1) is 0 Å². The lowest BCUT2D eigenvalue weighted by Crippen LogP contribution is -2.62. The number of hydrogen-bond acceptors (Lipinski definition) is 8. The Labute approximate surface area is 211 Å². The van der Waals surface area contributed by atoms with Crippen molar-refractivity contribution in [2.75, 3.05) is 6.61 Å². The molecule has 10 nitrogen and oxygen atoms in total. The molecule has 5 atom stereocenters. The van der Waals surface area contributed by atoms with E-state index in [9.17, 15) is 20.1 Å². The number of aliphatic hydroxyl groups excluding tert-OH is 3. The van der Waals surface area contributed by atoms with Gasteiger partial charge in [0.2, 0.25) is 10.7 Å². The molecule has 1 saturated heterocycles. The molecule has 4 rings (SSSR count). The Kier molecular flexibility index (Phi) is 7.85. The summed E-state index contributed by atoms with van der Waals surface area (Å²) in [5, 5.41) is 38.4. The molecule has 12 heteroatoms. The Morgan fingerprint density at radius 2 is 1.86 bits per heavy atom. The number of halogens is 1. The largest absolute Gasteiger partial charge is 0.484 e. The number of nitrogens with one attached hydrogen (secondary N) is 1. The highest BCUT2D eigenvalue weighted by atomic mass is 35.5. The molecular formula is C23H25ClN4O6S. The summed E-state index contributed by atoms with van der Waals surface area (Å²) in [6.07, 6.45) is -5.11. The van der Waals surface area contributed by atoms with Gasteiger partial charge in [-0.2, -0.15) is 5.10 Å². The molecule has 1 aliphatic heterocycles. The average Bonchev–Trinajstić information content (AvgIpc) is 3.18. The quantitative estimate of drug-likeness (QED) is 0.347. The van der Waals surface area contributed by atoms with Crippen molar-refractivity contribution in [1.29, 1.82) is 0 Å². The zero-order valence-electron chi connectivity index (χ0n) is 18.7. The first-order valence-corrected chi connectivity index (χ1v) is 11.6. The van der Waals surface area contributed by atoms with Gasteiger partial charge in [0, 0.05) is 12.6 Å². The van der Waals surface area contributed by atoms with Gasteiger partial charge in [0.1, 0.15) is 36.7 Å². The molecule has 0 spiro atoms. The van der Waals surface area contributed by atoms with Gasteiger partial charge in [-0.3, -0.25) is 9.36 Å². The molecule has 1 aromatic heterocycles. The monoisotopic (exact) mass is 520 g/mol. The van der Waals surface area contributed by atoms with Gasteiger partial charge in [-0.25, -0.2) is 4.68 Å². The molecule has 0 aliphatic carbocycles. The molecule has 2 aromatic carbocycles. The minimum Gasteiger partial charge on any atom is -0.484 e. The second-order valence-electron chi connectivity index (χ2n) is 7.99. The standard InChI is InChI=1S/C23H25ClN4O6S/c1-13(30)25-19-21(32)20(31)17(11-29)34-22(19)28-23(35)27(14-7-3-2-4-8-14)18(26-28)12-33-16-10-6-5-9-15(16)24/h2-10,17,19-22,29,31-32H,11-12H2,1H3,(H,25,30)/t17-,19-,20-,21-,22-/m1/s1. The Morgan fingerprint density at radius 3 is 2.51 bits per heavy atom. The van der Waals surface area contributed by atoms with Gasteiger partial charge in [0.25, 0.3) is 0 Å². The smallest absolute Gasteiger partial charge is 0.217 e. The van der Waals surface area contributed by atoms with Crippen LogP contribution < -0.4 is 10.1 Å². The number of aromatic nitrogens is 3. The van der Waals surface area contributed by atoms with Crippen LogP contribution in [0.5, 0.6) is 5.75 Å². The summed E-state index contributed by atoms with van der Waals surface area (Å²) < 4.78 is 15.0. The third-order valence-electron chi connectivity index (χ3n) is 5.59. The van der Waals surface area contributed by atoms with Gasteiger partial charge in [0.15, 0.2) is 12.1 Å². The summed E-state index contributed by atoms with van der Waals surface area (Å²) in [5.74, 6) is 0.402. The van der Waals surface area contributed by atoms with Crippen LogP contribution in [0.1, 0.15) is 19.0 Å². The van der Waals surface area contributed by atoms with Crippen LogP contribution in [-0.2, 0) is 16.1 Å². The number of ether oxygens (including phenoxy) is 2. The number of nitrogens with zero attached hydrogens (tertiary/aromatic N) is 3. The second kappa shape index (κ2) is 10.9. The number of hydrogen-bond donors (Lipinski definition) is 4. The molecular weight excluding hydrogens is 496 g/mol. The van der Waals surface area contributed by atoms with Crippen LogP contribution in [0.15, 0.2) is 54.6 Å². The summed E-state index contributed by atoms with van der Waals surface area (Å²) >= 11 is 11.9. The van der Waals surface area contributed by atoms with E-state index in [0.717, 1.165) is 0 Å². The Morgan fingerprint density at radius 1 is 1.17 bits per heavy atom. The second-order valence-corrected chi connectivity index (χ2v) is 8.76. The number of carbonyl (C=O) groups is 1. The first-order chi connectivity index (χ1) is 16.8. The normalized spacial score (nSPS) is 24.2. The highest BCUT2D eigenvalue weighted by Gasteiger charge is 2.46. The average molecular weight is 521 g/mol. The lowest BCUT2D eigenvalue weighted by atomic mass is 9.96. The van der Waals surface area contributed by atoms with Gasteiger partial charge in [-0.05, 0) is 36.5 Å². The third kappa shape index (κ3) is 5.25. The van der Waals surface area contributed by atoms with E-state index < -0.39 is 43.1 Å². The zero-order chi connectivity index (χ0) is 25.1. The van der Waals surface area contributed by atoms with Gasteiger partial charge >= 0.3 is 0 Å². The van der Waals surface area contributed by atoms with E-state index in [1.165, 1.54) is 11.6 Å². The van der Waals surface area contributed by atoms with Gasteiger partial charge in [-0.1, -0.05) is 41.9 Å². The van der Waals surface area contributed by atoms with Crippen molar-refractivity contribution in [3.8, 4) is 11.4 Å². The van der Waals surface area contributed by atoms with Crippen LogP contribution in [0.2, 0.25) is 5.02 Å². The topological polar surface area (TPSA) is 131 Å². The fourth-order valence-corrected chi connectivity index (χ4v) is 4.47. The lowest BCUT2D eigenvalue weighted by molar-refractivity contribution is -0.219. The summed E-state index contributed by atoms with van der Waals surface area (Å²) in [6, 6.07) is 15.1. The SMILES string of the molecule is CC(=O)N[C@@H]1[C@@H](O)[C@H](O)[C@@H](CO)O[C@H]1n1nc(COc2ccccc2Cl)n(-c2ccccc2)c1=S. The number of benzene rings is 2. The zero-order valence-corrected chi connectivity index (χ0v) is 20.3. The lowest BCUT2D eigenvalue weighted by Gasteiger charge is -2.42. The van der Waals surface area contributed by atoms with Crippen molar-refractivity contribution in [3.63, 3.8) is 0 Å². The molecule has 35 heavy (non-hydrogen) atoms. The molecule has 186 valence electrons. The van der Waals surface area contributed by atoms with E-state index >= 15 is 0 Å². The van der Waals surface area contributed by atoms with Gasteiger partial charge < -0.3 is 30.1 Å². The maximum absolute atomic E-state index is 11.9. The van der Waals surface area contributed by atoms with Crippen LogP contribution in [-0.4, -0.2) is 66.5 Å². The Hall–Kier alpha value is -2.80. The van der Waals surface area contributed by atoms with Crippen molar-refractivity contribution < 1.29 is 29.6 Å². The summed E-state index contributed by atoms with van der Waals surface area (Å²) in [5.41, 5.74) is 0.702. The first kappa shape index (κ1) is 25.3. The minimum atomic E-state index is -1.44. The van der Waals surface area contributed by atoms with Crippen molar-refractivity contribution in [1.82, 2.24) is 19.7 Å². The van der Waals surface area contributed by atoms with Gasteiger partial charge in [0.05, 0.1) is 11.6 Å². The van der Waals surface area contributed by atoms with Crippen LogP contribution in [0.3, 0.4) is 0 Å². The molecule has 1 amide bonds. The van der Waals surface area contributed by atoms with Crippen LogP contribution in [0.4, 0.5) is 0 Å². The predicted molar refractivity (Wildman–Crippen MR) is 129 cm³/mol. The maximum Gasteiger partial charge on any atom is 0.217 e. The van der Waals surface area contributed by atoms with Crippen LogP contribution in [0.25, 0.3) is 5.69 Å². The first-order valence-electron chi connectivity index (χ1n) is 10.8. The molecule has 1 aliphatic rings. The number of aliphatic hydroxyl groups is 3. The van der Waals surface area contributed by atoms with E-state index in [-0.39, 0.29) is 11.4 Å². The molecule has 0 unspecified atom stereocenters. The fourth-order valence-electron chi connectivity index (χ4n) is 3.92. The van der Waals surface area contributed by atoms with E-state index in [1.54, 1.807) is 28.8 Å². The Balaban J connectivity index is 1.78. The molecule has 4 N–H and O–H groups in total. The van der Waals surface area contributed by atoms with Crippen LogP contribution in [0, 0.1) is 4.77 Å². The van der Waals surface area contributed by atoms with Crippen molar-refractivity contribution in [3.05, 3.63) is 70.2 Å².